The van der Waals surface area contributed by atoms with Crippen molar-refractivity contribution in [2.24, 2.45) is 5.73 Å². The molecule has 1 aromatic carbocycles. The highest BCUT2D eigenvalue weighted by Gasteiger charge is 2.07. The van der Waals surface area contributed by atoms with Crippen LogP contribution < -0.4 is 15.8 Å². The minimum Gasteiger partial charge on any atom is -0.496 e. The Hall–Kier alpha value is -1.55. The van der Waals surface area contributed by atoms with Crippen LogP contribution in [0.2, 0.25) is 0 Å². The number of hydrogen-bond acceptors (Lipinski definition) is 3. The number of ether oxygens (including phenoxy) is 1. The monoisotopic (exact) mass is 250 g/mol. The fraction of sp³-hybridized carbons (Fsp3) is 0.500. The molecule has 0 aromatic heterocycles. The molecule has 0 heterocycles. The summed E-state index contributed by atoms with van der Waals surface area (Å²) in [6.45, 7) is 4.41. The molecule has 1 amide bonds. The Balaban J connectivity index is 2.52. The number of nitrogens with two attached hydrogens (primary N) is 1. The molecule has 0 bridgehead atoms. The van der Waals surface area contributed by atoms with Crippen molar-refractivity contribution in [1.82, 2.24) is 5.32 Å². The predicted molar refractivity (Wildman–Crippen MR) is 72.7 cm³/mol. The zero-order valence-electron chi connectivity index (χ0n) is 11.3. The summed E-state index contributed by atoms with van der Waals surface area (Å²) >= 11 is 0. The molecule has 18 heavy (non-hydrogen) atoms. The fourth-order valence-electron chi connectivity index (χ4n) is 1.71. The van der Waals surface area contributed by atoms with Crippen LogP contribution >= 0.6 is 0 Å². The van der Waals surface area contributed by atoms with E-state index in [9.17, 15) is 4.79 Å². The molecule has 1 rings (SSSR count). The van der Waals surface area contributed by atoms with E-state index in [1.165, 1.54) is 5.56 Å². The van der Waals surface area contributed by atoms with Crippen LogP contribution in [0.3, 0.4) is 0 Å². The lowest BCUT2D eigenvalue weighted by atomic mass is 10.1. The topological polar surface area (TPSA) is 64.3 Å². The normalized spacial score (nSPS) is 12.0. The highest BCUT2D eigenvalue weighted by atomic mass is 16.5. The lowest BCUT2D eigenvalue weighted by Crippen LogP contribution is -2.35. The van der Waals surface area contributed by atoms with E-state index in [0.717, 1.165) is 11.3 Å². The quantitative estimate of drug-likeness (QED) is 0.802. The van der Waals surface area contributed by atoms with E-state index in [0.29, 0.717) is 19.4 Å². The van der Waals surface area contributed by atoms with Crippen LogP contribution in [0.5, 0.6) is 5.75 Å². The smallest absolute Gasteiger partial charge is 0.220 e. The summed E-state index contributed by atoms with van der Waals surface area (Å²) in [7, 11) is 1.64. The Bertz CT molecular complexity index is 403. The van der Waals surface area contributed by atoms with E-state index in [1.807, 2.05) is 26.0 Å². The number of carbonyl (C=O) groups is 1. The maximum absolute atomic E-state index is 11.6. The average Bonchev–Trinajstić information content (AvgIpc) is 2.34. The van der Waals surface area contributed by atoms with Crippen molar-refractivity contribution in [3.05, 3.63) is 29.3 Å². The van der Waals surface area contributed by atoms with Crippen molar-refractivity contribution in [3.63, 3.8) is 0 Å². The summed E-state index contributed by atoms with van der Waals surface area (Å²) in [5.41, 5.74) is 7.81. The number of methoxy groups -OCH3 is 1. The molecule has 0 saturated carbocycles. The summed E-state index contributed by atoms with van der Waals surface area (Å²) in [6, 6.07) is 5.98. The first-order chi connectivity index (χ1) is 8.52. The van der Waals surface area contributed by atoms with Crippen LogP contribution in [0, 0.1) is 6.92 Å². The molecule has 0 radical (unpaired) electrons. The number of benzene rings is 1. The van der Waals surface area contributed by atoms with Crippen molar-refractivity contribution in [1.29, 1.82) is 0 Å². The fourth-order valence-corrected chi connectivity index (χ4v) is 1.71. The van der Waals surface area contributed by atoms with Gasteiger partial charge in [-0.25, -0.2) is 0 Å². The van der Waals surface area contributed by atoms with E-state index in [-0.39, 0.29) is 11.9 Å². The number of carbonyl (C=O) groups excluding carboxylic acids is 1. The van der Waals surface area contributed by atoms with E-state index in [2.05, 4.69) is 11.4 Å². The van der Waals surface area contributed by atoms with Crippen molar-refractivity contribution in [2.75, 3.05) is 13.7 Å². The summed E-state index contributed by atoms with van der Waals surface area (Å²) in [5, 5.41) is 2.80. The molecular formula is C14H22N2O2. The van der Waals surface area contributed by atoms with E-state index in [1.54, 1.807) is 7.11 Å². The van der Waals surface area contributed by atoms with Gasteiger partial charge in [-0.05, 0) is 31.9 Å². The molecule has 4 nitrogen and oxygen atoms in total. The Kier molecular flexibility index (Phi) is 5.65. The molecule has 1 unspecified atom stereocenters. The molecule has 1 atom stereocenters. The van der Waals surface area contributed by atoms with E-state index in [4.69, 9.17) is 10.5 Å². The lowest BCUT2D eigenvalue weighted by molar-refractivity contribution is -0.121. The van der Waals surface area contributed by atoms with Gasteiger partial charge in [-0.1, -0.05) is 17.7 Å². The number of aryl methyl sites for hydroxylation is 2. The Labute approximate surface area is 109 Å². The van der Waals surface area contributed by atoms with Crippen LogP contribution in [0.4, 0.5) is 0 Å². The first kappa shape index (κ1) is 14.5. The second kappa shape index (κ2) is 7.01. The molecule has 100 valence electrons. The summed E-state index contributed by atoms with van der Waals surface area (Å²) < 4.78 is 5.28. The molecule has 0 saturated heterocycles. The van der Waals surface area contributed by atoms with Gasteiger partial charge in [0.25, 0.3) is 0 Å². The number of amides is 1. The second-order valence-corrected chi connectivity index (χ2v) is 4.60. The molecule has 3 N–H and O–H groups in total. The minimum atomic E-state index is -0.0116. The minimum absolute atomic E-state index is 0.0116. The Morgan fingerprint density at radius 2 is 2.22 bits per heavy atom. The maximum atomic E-state index is 11.6. The highest BCUT2D eigenvalue weighted by molar-refractivity contribution is 5.76. The molecule has 0 spiro atoms. The van der Waals surface area contributed by atoms with Crippen molar-refractivity contribution < 1.29 is 9.53 Å². The van der Waals surface area contributed by atoms with Gasteiger partial charge in [0.05, 0.1) is 7.11 Å². The average molecular weight is 250 g/mol. The van der Waals surface area contributed by atoms with E-state index >= 15 is 0 Å². The summed E-state index contributed by atoms with van der Waals surface area (Å²) in [4.78, 5) is 11.6. The molecule has 0 aliphatic heterocycles. The van der Waals surface area contributed by atoms with Crippen LogP contribution in [0.25, 0.3) is 0 Å². The zero-order chi connectivity index (χ0) is 13.5. The molecule has 4 heteroatoms. The van der Waals surface area contributed by atoms with Crippen molar-refractivity contribution in [3.8, 4) is 5.75 Å². The van der Waals surface area contributed by atoms with Gasteiger partial charge in [0.2, 0.25) is 5.91 Å². The van der Waals surface area contributed by atoms with Gasteiger partial charge in [0, 0.05) is 19.0 Å². The predicted octanol–water partition coefficient (Wildman–Crippen LogP) is 1.40. The highest BCUT2D eigenvalue weighted by Crippen LogP contribution is 2.20. The van der Waals surface area contributed by atoms with Gasteiger partial charge >= 0.3 is 0 Å². The third-order valence-corrected chi connectivity index (χ3v) is 2.68. The van der Waals surface area contributed by atoms with Gasteiger partial charge in [0.15, 0.2) is 0 Å². The van der Waals surface area contributed by atoms with Crippen LogP contribution in [0.15, 0.2) is 18.2 Å². The van der Waals surface area contributed by atoms with Crippen LogP contribution in [-0.2, 0) is 11.2 Å². The zero-order valence-corrected chi connectivity index (χ0v) is 11.3. The molecule has 0 aliphatic rings. The van der Waals surface area contributed by atoms with Crippen LogP contribution in [0.1, 0.15) is 24.5 Å². The lowest BCUT2D eigenvalue weighted by Gasteiger charge is -2.10. The number of nitrogens with one attached hydrogen (secondary N) is 1. The Morgan fingerprint density at radius 3 is 2.83 bits per heavy atom. The van der Waals surface area contributed by atoms with Crippen molar-refractivity contribution in [2.45, 2.75) is 32.7 Å². The van der Waals surface area contributed by atoms with Gasteiger partial charge in [-0.2, -0.15) is 0 Å². The first-order valence-corrected chi connectivity index (χ1v) is 6.18. The standard InChI is InChI=1S/C14H22N2O2/c1-10-4-6-13(18-3)12(8-10)5-7-14(17)16-9-11(2)15/h4,6,8,11H,5,7,9,15H2,1-3H3,(H,16,17). The molecule has 1 aromatic rings. The SMILES string of the molecule is COc1ccc(C)cc1CCC(=O)NCC(C)N. The summed E-state index contributed by atoms with van der Waals surface area (Å²) in [5.74, 6) is 0.858. The largest absolute Gasteiger partial charge is 0.496 e. The van der Waals surface area contributed by atoms with Gasteiger partial charge < -0.3 is 15.8 Å². The third-order valence-electron chi connectivity index (χ3n) is 2.68. The molecule has 0 fully saturated rings. The van der Waals surface area contributed by atoms with Gasteiger partial charge in [0.1, 0.15) is 5.75 Å². The number of rotatable bonds is 6. The second-order valence-electron chi connectivity index (χ2n) is 4.60. The first-order valence-electron chi connectivity index (χ1n) is 6.18. The number of hydrogen-bond donors (Lipinski definition) is 2. The summed E-state index contributed by atoms with van der Waals surface area (Å²) in [6.07, 6.45) is 1.13. The van der Waals surface area contributed by atoms with Gasteiger partial charge in [-0.3, -0.25) is 4.79 Å². The van der Waals surface area contributed by atoms with E-state index < -0.39 is 0 Å². The Morgan fingerprint density at radius 1 is 1.50 bits per heavy atom. The third kappa shape index (κ3) is 4.75. The molecule has 0 aliphatic carbocycles. The van der Waals surface area contributed by atoms with Crippen LogP contribution in [-0.4, -0.2) is 25.6 Å². The van der Waals surface area contributed by atoms with Crippen molar-refractivity contribution >= 4 is 5.91 Å². The molecular weight excluding hydrogens is 228 g/mol. The van der Waals surface area contributed by atoms with Gasteiger partial charge in [-0.15, -0.1) is 0 Å². The maximum Gasteiger partial charge on any atom is 0.220 e.